The summed E-state index contributed by atoms with van der Waals surface area (Å²) in [5.41, 5.74) is 0.590. The van der Waals surface area contributed by atoms with Gasteiger partial charge in [-0.3, -0.25) is 4.79 Å². The molecule has 0 fully saturated rings. The van der Waals surface area contributed by atoms with Crippen LogP contribution in [0.1, 0.15) is 5.56 Å². The highest BCUT2D eigenvalue weighted by molar-refractivity contribution is 7.89. The van der Waals surface area contributed by atoms with Gasteiger partial charge < -0.3 is 14.8 Å². The first-order valence-corrected chi connectivity index (χ1v) is 9.26. The summed E-state index contributed by atoms with van der Waals surface area (Å²) in [5.74, 6) is -0.0391. The Hall–Kier alpha value is -3.09. The third-order valence-electron chi connectivity index (χ3n) is 3.57. The predicted octanol–water partition coefficient (Wildman–Crippen LogP) is 1.83. The zero-order chi connectivity index (χ0) is 20.0. The zero-order valence-corrected chi connectivity index (χ0v) is 15.9. The minimum atomic E-state index is -3.75. The molecule has 0 bridgehead atoms. The molecular formula is C18H19N3O5S. The van der Waals surface area contributed by atoms with Crippen LogP contribution in [-0.2, 0) is 14.8 Å². The fourth-order valence-corrected chi connectivity index (χ4v) is 3.25. The van der Waals surface area contributed by atoms with E-state index in [1.54, 1.807) is 24.3 Å². The van der Waals surface area contributed by atoms with Gasteiger partial charge in [0.15, 0.2) is 6.61 Å². The molecule has 0 saturated carbocycles. The number of hydrogen-bond acceptors (Lipinski definition) is 6. The van der Waals surface area contributed by atoms with Crippen LogP contribution in [0.15, 0.2) is 47.4 Å². The van der Waals surface area contributed by atoms with Gasteiger partial charge in [-0.25, -0.2) is 12.7 Å². The monoisotopic (exact) mass is 389 g/mol. The lowest BCUT2D eigenvalue weighted by Crippen LogP contribution is -2.24. The predicted molar refractivity (Wildman–Crippen MR) is 99.1 cm³/mol. The molecule has 1 amide bonds. The van der Waals surface area contributed by atoms with Gasteiger partial charge in [0.25, 0.3) is 5.91 Å². The van der Waals surface area contributed by atoms with Crippen LogP contribution in [0.2, 0.25) is 0 Å². The molecule has 2 rings (SSSR count). The van der Waals surface area contributed by atoms with E-state index in [-0.39, 0.29) is 22.9 Å². The number of sulfonamides is 1. The molecule has 2 aromatic carbocycles. The van der Waals surface area contributed by atoms with Crippen LogP contribution in [0.3, 0.4) is 0 Å². The summed E-state index contributed by atoms with van der Waals surface area (Å²) < 4.78 is 36.3. The molecule has 2 aromatic rings. The largest absolute Gasteiger partial charge is 0.495 e. The van der Waals surface area contributed by atoms with Gasteiger partial charge in [0, 0.05) is 19.8 Å². The van der Waals surface area contributed by atoms with Crippen LogP contribution in [0.25, 0.3) is 0 Å². The van der Waals surface area contributed by atoms with Crippen molar-refractivity contribution in [3.05, 3.63) is 48.0 Å². The number of para-hydroxylation sites is 1. The van der Waals surface area contributed by atoms with Crippen LogP contribution in [0, 0.1) is 11.3 Å². The highest BCUT2D eigenvalue weighted by Gasteiger charge is 2.23. The number of nitrogens with zero attached hydrogens (tertiary/aromatic N) is 2. The number of anilines is 1. The number of amides is 1. The van der Waals surface area contributed by atoms with Crippen molar-refractivity contribution < 1.29 is 22.7 Å². The number of rotatable bonds is 7. The second-order valence-electron chi connectivity index (χ2n) is 5.60. The summed E-state index contributed by atoms with van der Waals surface area (Å²) in [6.07, 6.45) is 0. The molecule has 1 N–H and O–H groups in total. The summed E-state index contributed by atoms with van der Waals surface area (Å²) >= 11 is 0. The first-order valence-electron chi connectivity index (χ1n) is 7.82. The Balaban J connectivity index is 2.15. The first-order chi connectivity index (χ1) is 12.8. The van der Waals surface area contributed by atoms with E-state index in [4.69, 9.17) is 14.7 Å². The number of ether oxygens (including phenoxy) is 2. The molecule has 27 heavy (non-hydrogen) atoms. The van der Waals surface area contributed by atoms with Gasteiger partial charge in [-0.2, -0.15) is 5.26 Å². The van der Waals surface area contributed by atoms with Crippen molar-refractivity contribution in [3.8, 4) is 17.6 Å². The molecule has 8 nitrogen and oxygen atoms in total. The SMILES string of the molecule is COc1ccc(NC(=O)COc2ccccc2C#N)cc1S(=O)(=O)N(C)C. The van der Waals surface area contributed by atoms with Crippen molar-refractivity contribution in [2.75, 3.05) is 33.1 Å². The molecule has 0 aliphatic carbocycles. The normalized spacial score (nSPS) is 10.9. The molecule has 0 spiro atoms. The summed E-state index contributed by atoms with van der Waals surface area (Å²) in [6, 6.07) is 12.8. The van der Waals surface area contributed by atoms with E-state index in [0.717, 1.165) is 4.31 Å². The lowest BCUT2D eigenvalue weighted by Gasteiger charge is -2.16. The third kappa shape index (κ3) is 4.75. The first kappa shape index (κ1) is 20.2. The lowest BCUT2D eigenvalue weighted by molar-refractivity contribution is -0.118. The standard InChI is InChI=1S/C18H19N3O5S/c1-21(2)27(23,24)17-10-14(8-9-16(17)25-3)20-18(22)12-26-15-7-5-4-6-13(15)11-19/h4-10H,12H2,1-3H3,(H,20,22). The maximum absolute atomic E-state index is 12.4. The number of carbonyl (C=O) groups excluding carboxylic acids is 1. The van der Waals surface area contributed by atoms with E-state index in [1.807, 2.05) is 6.07 Å². The Morgan fingerprint density at radius 3 is 2.52 bits per heavy atom. The highest BCUT2D eigenvalue weighted by Crippen LogP contribution is 2.28. The molecule has 0 heterocycles. The van der Waals surface area contributed by atoms with Crippen molar-refractivity contribution >= 4 is 21.6 Å². The van der Waals surface area contributed by atoms with Crippen LogP contribution in [0.5, 0.6) is 11.5 Å². The summed E-state index contributed by atoms with van der Waals surface area (Å²) in [5, 5.41) is 11.6. The van der Waals surface area contributed by atoms with Crippen LogP contribution in [-0.4, -0.2) is 46.4 Å². The zero-order valence-electron chi connectivity index (χ0n) is 15.1. The Bertz CT molecular complexity index is 981. The minimum absolute atomic E-state index is 0.0662. The number of carbonyl (C=O) groups is 1. The lowest BCUT2D eigenvalue weighted by atomic mass is 10.2. The molecule has 0 atom stereocenters. The third-order valence-corrected chi connectivity index (χ3v) is 5.41. The second kappa shape index (κ2) is 8.53. The highest BCUT2D eigenvalue weighted by atomic mass is 32.2. The molecular weight excluding hydrogens is 370 g/mol. The van der Waals surface area contributed by atoms with Crippen LogP contribution >= 0.6 is 0 Å². The number of benzene rings is 2. The van der Waals surface area contributed by atoms with Gasteiger partial charge in [-0.15, -0.1) is 0 Å². The number of methoxy groups -OCH3 is 1. The smallest absolute Gasteiger partial charge is 0.262 e. The van der Waals surface area contributed by atoms with Crippen molar-refractivity contribution in [2.24, 2.45) is 0 Å². The molecule has 9 heteroatoms. The van der Waals surface area contributed by atoms with Gasteiger partial charge in [-0.05, 0) is 30.3 Å². The fraction of sp³-hybridized carbons (Fsp3) is 0.222. The van der Waals surface area contributed by atoms with E-state index >= 15 is 0 Å². The second-order valence-corrected chi connectivity index (χ2v) is 7.72. The van der Waals surface area contributed by atoms with Gasteiger partial charge in [0.1, 0.15) is 22.5 Å². The number of nitrogens with one attached hydrogen (secondary N) is 1. The van der Waals surface area contributed by atoms with Gasteiger partial charge >= 0.3 is 0 Å². The Morgan fingerprint density at radius 1 is 1.19 bits per heavy atom. The fourth-order valence-electron chi connectivity index (χ4n) is 2.18. The maximum Gasteiger partial charge on any atom is 0.262 e. The molecule has 0 aliphatic rings. The van der Waals surface area contributed by atoms with E-state index in [0.29, 0.717) is 11.3 Å². The Morgan fingerprint density at radius 2 is 1.89 bits per heavy atom. The van der Waals surface area contributed by atoms with Crippen molar-refractivity contribution in [1.29, 1.82) is 5.26 Å². The molecule has 142 valence electrons. The van der Waals surface area contributed by atoms with Crippen molar-refractivity contribution in [2.45, 2.75) is 4.90 Å². The molecule has 0 aromatic heterocycles. The van der Waals surface area contributed by atoms with Gasteiger partial charge in [0.2, 0.25) is 10.0 Å². The number of hydrogen-bond donors (Lipinski definition) is 1. The van der Waals surface area contributed by atoms with Gasteiger partial charge in [0.05, 0.1) is 12.7 Å². The molecule has 0 unspecified atom stereocenters. The van der Waals surface area contributed by atoms with E-state index in [1.165, 1.54) is 39.4 Å². The average molecular weight is 389 g/mol. The topological polar surface area (TPSA) is 109 Å². The van der Waals surface area contributed by atoms with Crippen molar-refractivity contribution in [3.63, 3.8) is 0 Å². The molecule has 0 saturated heterocycles. The number of nitriles is 1. The Labute approximate surface area is 158 Å². The van der Waals surface area contributed by atoms with Crippen molar-refractivity contribution in [1.82, 2.24) is 4.31 Å². The van der Waals surface area contributed by atoms with E-state index in [9.17, 15) is 13.2 Å². The average Bonchev–Trinajstić information content (AvgIpc) is 2.66. The van der Waals surface area contributed by atoms with Crippen LogP contribution < -0.4 is 14.8 Å². The van der Waals surface area contributed by atoms with Gasteiger partial charge in [-0.1, -0.05) is 12.1 Å². The Kier molecular flexibility index (Phi) is 6.39. The quantitative estimate of drug-likeness (QED) is 0.774. The molecule has 0 radical (unpaired) electrons. The summed E-state index contributed by atoms with van der Waals surface area (Å²) in [4.78, 5) is 12.1. The summed E-state index contributed by atoms with van der Waals surface area (Å²) in [6.45, 7) is -0.333. The summed E-state index contributed by atoms with van der Waals surface area (Å²) in [7, 11) is 0.418. The van der Waals surface area contributed by atoms with E-state index in [2.05, 4.69) is 5.32 Å². The molecule has 0 aliphatic heterocycles. The maximum atomic E-state index is 12.4. The van der Waals surface area contributed by atoms with Crippen LogP contribution in [0.4, 0.5) is 5.69 Å². The van der Waals surface area contributed by atoms with E-state index < -0.39 is 15.9 Å². The minimum Gasteiger partial charge on any atom is -0.495 e.